The molecule has 168 valence electrons. The molecule has 2 bridgehead atoms. The zero-order valence-electron chi connectivity index (χ0n) is 18.1. The van der Waals surface area contributed by atoms with Crippen molar-refractivity contribution in [3.05, 3.63) is 58.9 Å². The first-order valence-corrected chi connectivity index (χ1v) is 10.8. The van der Waals surface area contributed by atoms with Crippen LogP contribution in [0.25, 0.3) is 11.3 Å². The molecule has 9 heteroatoms. The molecule has 3 aromatic rings. The fourth-order valence-corrected chi connectivity index (χ4v) is 5.41. The van der Waals surface area contributed by atoms with E-state index in [1.807, 2.05) is 6.92 Å². The zero-order chi connectivity index (χ0) is 22.7. The zero-order valence-corrected chi connectivity index (χ0v) is 18.1. The summed E-state index contributed by atoms with van der Waals surface area (Å²) >= 11 is 0. The van der Waals surface area contributed by atoms with Gasteiger partial charge in [0, 0.05) is 5.41 Å². The lowest BCUT2D eigenvalue weighted by molar-refractivity contribution is -0.158. The van der Waals surface area contributed by atoms with Crippen LogP contribution >= 0.6 is 0 Å². The summed E-state index contributed by atoms with van der Waals surface area (Å²) < 4.78 is 41.0. The van der Waals surface area contributed by atoms with Gasteiger partial charge in [0.1, 0.15) is 29.9 Å². The summed E-state index contributed by atoms with van der Waals surface area (Å²) in [4.78, 5) is 0. The number of benzene rings is 1. The molecule has 1 N–H and O–H groups in total. The molecule has 0 spiro atoms. The quantitative estimate of drug-likeness (QED) is 0.597. The van der Waals surface area contributed by atoms with Crippen LogP contribution in [0.15, 0.2) is 28.7 Å². The highest BCUT2D eigenvalue weighted by molar-refractivity contribution is 5.63. The van der Waals surface area contributed by atoms with Gasteiger partial charge in [0.15, 0.2) is 0 Å². The van der Waals surface area contributed by atoms with Gasteiger partial charge in [-0.1, -0.05) is 26.8 Å². The summed E-state index contributed by atoms with van der Waals surface area (Å²) in [6.45, 7) is 5.85. The molecule has 0 saturated heterocycles. The first kappa shape index (κ1) is 21.1. The molecule has 0 radical (unpaired) electrons. The molecular formula is C23H24F2N4O3. The summed E-state index contributed by atoms with van der Waals surface area (Å²) in [6, 6.07) is 5.50. The molecule has 1 aromatic carbocycles. The molecule has 2 aliphatic rings. The number of halogens is 2. The molecule has 1 fully saturated rings. The lowest BCUT2D eigenvalue weighted by Crippen LogP contribution is -2.39. The van der Waals surface area contributed by atoms with E-state index in [1.54, 1.807) is 6.07 Å². The summed E-state index contributed by atoms with van der Waals surface area (Å²) in [5, 5.41) is 25.8. The molecule has 3 atom stereocenters. The second-order valence-electron chi connectivity index (χ2n) is 8.98. The van der Waals surface area contributed by atoms with Crippen molar-refractivity contribution in [1.29, 1.82) is 0 Å². The molecule has 1 saturated carbocycles. The van der Waals surface area contributed by atoms with Gasteiger partial charge in [0.25, 0.3) is 0 Å². The number of fused-ring (bicyclic) bond motifs is 5. The molecule has 0 aliphatic heterocycles. The van der Waals surface area contributed by atoms with Gasteiger partial charge in [-0.15, -0.1) is 15.3 Å². The van der Waals surface area contributed by atoms with Crippen LogP contribution in [0, 0.1) is 17.0 Å². The highest BCUT2D eigenvalue weighted by atomic mass is 19.1. The van der Waals surface area contributed by atoms with Crippen molar-refractivity contribution in [3.8, 4) is 11.3 Å². The number of nitrogens with zero attached hydrogens (tertiary/aromatic N) is 4. The Morgan fingerprint density at radius 2 is 1.94 bits per heavy atom. The predicted molar refractivity (Wildman–Crippen MR) is 109 cm³/mol. The summed E-state index contributed by atoms with van der Waals surface area (Å²) in [5.74, 6) is -0.804. The summed E-state index contributed by atoms with van der Waals surface area (Å²) in [7, 11) is 0. The van der Waals surface area contributed by atoms with Gasteiger partial charge in [-0.3, -0.25) is 0 Å². The van der Waals surface area contributed by atoms with Crippen molar-refractivity contribution in [2.24, 2.45) is 5.41 Å². The maximum atomic E-state index is 14.4. The van der Waals surface area contributed by atoms with E-state index < -0.39 is 23.3 Å². The van der Waals surface area contributed by atoms with Crippen LogP contribution in [0.2, 0.25) is 0 Å². The molecule has 2 heterocycles. The van der Waals surface area contributed by atoms with Crippen molar-refractivity contribution >= 4 is 0 Å². The van der Waals surface area contributed by atoms with Crippen LogP contribution in [-0.4, -0.2) is 25.5 Å². The van der Waals surface area contributed by atoms with Gasteiger partial charge < -0.3 is 14.3 Å². The van der Waals surface area contributed by atoms with Gasteiger partial charge in [-0.2, -0.15) is 5.10 Å². The summed E-state index contributed by atoms with van der Waals surface area (Å²) in [6.07, 6.45) is 1.68. The van der Waals surface area contributed by atoms with E-state index in [0.29, 0.717) is 18.0 Å². The van der Waals surface area contributed by atoms with Crippen LogP contribution in [0.3, 0.4) is 0 Å². The Labute approximate surface area is 183 Å². The molecule has 32 heavy (non-hydrogen) atoms. The Morgan fingerprint density at radius 3 is 2.59 bits per heavy atom. The third-order valence-corrected chi connectivity index (χ3v) is 7.10. The molecule has 0 amide bonds. The van der Waals surface area contributed by atoms with E-state index in [1.165, 1.54) is 18.2 Å². The minimum absolute atomic E-state index is 0.106. The maximum Gasteiger partial charge on any atom is 0.245 e. The number of aliphatic hydroxyl groups excluding tert-OH is 1. The largest absolute Gasteiger partial charge is 0.420 e. The maximum absolute atomic E-state index is 14.4. The third kappa shape index (κ3) is 2.84. The highest BCUT2D eigenvalue weighted by Crippen LogP contribution is 2.68. The first-order chi connectivity index (χ1) is 15.3. The smallest absolute Gasteiger partial charge is 0.245 e. The Kier molecular flexibility index (Phi) is 4.86. The average Bonchev–Trinajstić information content (AvgIpc) is 3.39. The van der Waals surface area contributed by atoms with Crippen molar-refractivity contribution in [2.45, 2.75) is 64.3 Å². The standard InChI is InChI=1S/C23H24F2N4O3/c1-4-17(21-29-27-18(11-30)31-21)32-23-9-8-13(22(23,2)3)12-10-16(26-28-20(12)23)19-14(24)6-5-7-15(19)25/h5-7,10,13,17,30H,4,8-9,11H2,1-3H3/t13-,17+,23-/m0/s1. The Balaban J connectivity index is 1.58. The molecular weight excluding hydrogens is 418 g/mol. The van der Waals surface area contributed by atoms with E-state index in [9.17, 15) is 13.9 Å². The highest BCUT2D eigenvalue weighted by Gasteiger charge is 2.65. The van der Waals surface area contributed by atoms with Crippen molar-refractivity contribution in [1.82, 2.24) is 20.4 Å². The monoisotopic (exact) mass is 442 g/mol. The van der Waals surface area contributed by atoms with E-state index in [-0.39, 0.29) is 35.1 Å². The molecule has 2 aromatic heterocycles. The number of aromatic nitrogens is 4. The van der Waals surface area contributed by atoms with Crippen LogP contribution in [0.4, 0.5) is 8.78 Å². The lowest BCUT2D eigenvalue weighted by atomic mass is 9.77. The third-order valence-electron chi connectivity index (χ3n) is 7.10. The van der Waals surface area contributed by atoms with Crippen LogP contribution in [-0.2, 0) is 16.9 Å². The minimum atomic E-state index is -0.749. The second kappa shape index (κ2) is 7.38. The molecule has 0 unspecified atom stereocenters. The fraction of sp³-hybridized carbons (Fsp3) is 0.478. The van der Waals surface area contributed by atoms with Crippen molar-refractivity contribution < 1.29 is 23.0 Å². The van der Waals surface area contributed by atoms with Crippen molar-refractivity contribution in [3.63, 3.8) is 0 Å². The van der Waals surface area contributed by atoms with E-state index in [2.05, 4.69) is 34.2 Å². The number of hydrogen-bond acceptors (Lipinski definition) is 7. The lowest BCUT2D eigenvalue weighted by Gasteiger charge is -2.39. The second-order valence-corrected chi connectivity index (χ2v) is 8.98. The Morgan fingerprint density at radius 1 is 1.19 bits per heavy atom. The minimum Gasteiger partial charge on any atom is -0.420 e. The van der Waals surface area contributed by atoms with Crippen LogP contribution in [0.5, 0.6) is 0 Å². The van der Waals surface area contributed by atoms with Crippen LogP contribution in [0.1, 0.15) is 75.1 Å². The van der Waals surface area contributed by atoms with E-state index in [4.69, 9.17) is 9.15 Å². The normalized spacial score (nSPS) is 24.0. The molecule has 5 rings (SSSR count). The number of hydrogen-bond donors (Lipinski definition) is 1. The van der Waals surface area contributed by atoms with Crippen molar-refractivity contribution in [2.75, 3.05) is 0 Å². The topological polar surface area (TPSA) is 94.2 Å². The van der Waals surface area contributed by atoms with Gasteiger partial charge in [0.05, 0.1) is 17.0 Å². The molecule has 2 aliphatic carbocycles. The SMILES string of the molecule is CC[C@@H](O[C@@]12CC[C@@H](c3cc(-c4c(F)cccc4F)nnc31)C2(C)C)c1nnc(CO)o1. The van der Waals surface area contributed by atoms with Gasteiger partial charge in [-0.25, -0.2) is 8.78 Å². The Hall–Kier alpha value is -2.78. The first-order valence-electron chi connectivity index (χ1n) is 10.8. The fourth-order valence-electron chi connectivity index (χ4n) is 5.41. The van der Waals surface area contributed by atoms with Gasteiger partial charge in [-0.05, 0) is 48.9 Å². The average molecular weight is 442 g/mol. The predicted octanol–water partition coefficient (Wildman–Crippen LogP) is 4.58. The van der Waals surface area contributed by atoms with E-state index in [0.717, 1.165) is 18.4 Å². The van der Waals surface area contributed by atoms with Gasteiger partial charge in [0.2, 0.25) is 11.8 Å². The van der Waals surface area contributed by atoms with Crippen LogP contribution < -0.4 is 0 Å². The van der Waals surface area contributed by atoms with E-state index >= 15 is 0 Å². The number of ether oxygens (including phenoxy) is 1. The molecule has 7 nitrogen and oxygen atoms in total. The van der Waals surface area contributed by atoms with Gasteiger partial charge >= 0.3 is 0 Å². The number of rotatable bonds is 6. The number of aliphatic hydroxyl groups is 1. The Bertz CT molecular complexity index is 1160. The summed E-state index contributed by atoms with van der Waals surface area (Å²) in [5.41, 5.74) is 0.524.